The lowest BCUT2D eigenvalue weighted by Crippen LogP contribution is -2.41. The van der Waals surface area contributed by atoms with E-state index >= 15 is 0 Å². The second-order valence-electron chi connectivity index (χ2n) is 5.95. The Balaban J connectivity index is 2.10. The maximum atomic E-state index is 12.2. The van der Waals surface area contributed by atoms with Gasteiger partial charge in [0.05, 0.1) is 6.04 Å². The highest BCUT2D eigenvalue weighted by Crippen LogP contribution is 2.55. The smallest absolute Gasteiger partial charge is 0.244 e. The number of nitrogens with two attached hydrogens (primary N) is 1. The molecule has 1 amide bonds. The number of pyridine rings is 1. The minimum absolute atomic E-state index is 0.0132. The summed E-state index contributed by atoms with van der Waals surface area (Å²) in [5.41, 5.74) is 8.66. The number of aromatic nitrogens is 1. The number of fused-ring (bicyclic) bond motifs is 2. The first-order chi connectivity index (χ1) is 9.07. The highest BCUT2D eigenvalue weighted by Gasteiger charge is 2.50. The number of anilines is 1. The van der Waals surface area contributed by atoms with Crippen LogP contribution in [-0.2, 0) is 16.6 Å². The average molecular weight is 259 g/mol. The van der Waals surface area contributed by atoms with Crippen molar-refractivity contribution in [2.45, 2.75) is 50.5 Å². The molecule has 1 unspecified atom stereocenters. The minimum Gasteiger partial charge on any atom is -0.320 e. The Bertz CT molecular complexity index is 522. The number of carbonyl (C=O) groups is 1. The molecule has 0 radical (unpaired) electrons. The fourth-order valence-electron chi connectivity index (χ4n) is 3.18. The topological polar surface area (TPSA) is 59.2 Å². The van der Waals surface area contributed by atoms with Gasteiger partial charge < -0.3 is 5.73 Å². The Morgan fingerprint density at radius 1 is 1.53 bits per heavy atom. The fraction of sp³-hybridized carbons (Fsp3) is 0.600. The van der Waals surface area contributed by atoms with E-state index in [1.165, 1.54) is 11.1 Å². The van der Waals surface area contributed by atoms with Gasteiger partial charge in [0.2, 0.25) is 5.91 Å². The van der Waals surface area contributed by atoms with E-state index < -0.39 is 6.04 Å². The number of hydrogen-bond donors (Lipinski definition) is 1. The molecule has 1 saturated carbocycles. The zero-order valence-electron chi connectivity index (χ0n) is 11.6. The molecule has 4 heteroatoms. The largest absolute Gasteiger partial charge is 0.320 e. The third kappa shape index (κ3) is 1.94. The van der Waals surface area contributed by atoms with Crippen molar-refractivity contribution in [1.82, 2.24) is 4.98 Å². The molecule has 0 saturated heterocycles. The molecule has 1 atom stereocenters. The molecule has 1 fully saturated rings. The van der Waals surface area contributed by atoms with Crippen LogP contribution in [0.4, 0.5) is 5.82 Å². The lowest BCUT2D eigenvalue weighted by atomic mass is 9.89. The van der Waals surface area contributed by atoms with E-state index in [0.717, 1.165) is 37.9 Å². The van der Waals surface area contributed by atoms with Gasteiger partial charge in [0.15, 0.2) is 0 Å². The Kier molecular flexibility index (Phi) is 2.86. The highest BCUT2D eigenvalue weighted by atomic mass is 16.2. The molecule has 1 aromatic rings. The molecule has 2 N–H and O–H groups in total. The zero-order chi connectivity index (χ0) is 13.6. The lowest BCUT2D eigenvalue weighted by Gasteiger charge is -2.19. The van der Waals surface area contributed by atoms with Crippen molar-refractivity contribution in [3.05, 3.63) is 23.4 Å². The second kappa shape index (κ2) is 4.30. The summed E-state index contributed by atoms with van der Waals surface area (Å²) in [4.78, 5) is 18.4. The Morgan fingerprint density at radius 2 is 2.26 bits per heavy atom. The van der Waals surface area contributed by atoms with Crippen molar-refractivity contribution in [3.8, 4) is 0 Å². The summed E-state index contributed by atoms with van der Waals surface area (Å²) in [5, 5.41) is 0. The summed E-state index contributed by atoms with van der Waals surface area (Å²) in [6, 6.07) is 1.86. The van der Waals surface area contributed by atoms with Gasteiger partial charge in [-0.05, 0) is 31.2 Å². The van der Waals surface area contributed by atoms with Crippen LogP contribution in [0.5, 0.6) is 0 Å². The van der Waals surface area contributed by atoms with Crippen LogP contribution in [0.1, 0.15) is 43.7 Å². The summed E-state index contributed by atoms with van der Waals surface area (Å²) in [6.07, 6.45) is 7.08. The Labute approximate surface area is 114 Å². The number of amides is 1. The number of likely N-dealkylation sites (N-methyl/N-ethyl adjacent to an activating group) is 1. The van der Waals surface area contributed by atoms with E-state index in [1.54, 1.807) is 11.9 Å². The van der Waals surface area contributed by atoms with Crippen LogP contribution in [0, 0.1) is 0 Å². The maximum absolute atomic E-state index is 12.2. The van der Waals surface area contributed by atoms with Gasteiger partial charge in [0.25, 0.3) is 0 Å². The van der Waals surface area contributed by atoms with Crippen LogP contribution in [0.25, 0.3) is 0 Å². The molecule has 1 aliphatic carbocycles. The molecule has 0 aromatic carbocycles. The number of carbonyl (C=O) groups excluding carboxylic acids is 1. The van der Waals surface area contributed by atoms with Gasteiger partial charge in [-0.2, -0.15) is 0 Å². The van der Waals surface area contributed by atoms with Crippen molar-refractivity contribution in [1.29, 1.82) is 0 Å². The normalized spacial score (nSPS) is 24.3. The summed E-state index contributed by atoms with van der Waals surface area (Å²) in [7, 11) is 1.79. The average Bonchev–Trinajstić information content (AvgIpc) is 3.18. The Morgan fingerprint density at radius 3 is 2.89 bits per heavy atom. The first-order valence-corrected chi connectivity index (χ1v) is 7.10. The fourth-order valence-corrected chi connectivity index (χ4v) is 3.18. The molecule has 4 nitrogen and oxygen atoms in total. The van der Waals surface area contributed by atoms with E-state index in [4.69, 9.17) is 5.73 Å². The zero-order valence-corrected chi connectivity index (χ0v) is 11.6. The van der Waals surface area contributed by atoms with Crippen molar-refractivity contribution >= 4 is 11.7 Å². The molecule has 3 rings (SSSR count). The predicted molar refractivity (Wildman–Crippen MR) is 75.1 cm³/mol. The minimum atomic E-state index is -0.392. The molecular formula is C15H21N3O. The van der Waals surface area contributed by atoms with Crippen LogP contribution >= 0.6 is 0 Å². The summed E-state index contributed by atoms with van der Waals surface area (Å²) < 4.78 is 0. The number of rotatable bonds is 2. The van der Waals surface area contributed by atoms with Gasteiger partial charge in [-0.1, -0.05) is 19.4 Å². The molecular weight excluding hydrogens is 238 g/mol. The molecule has 0 bridgehead atoms. The van der Waals surface area contributed by atoms with Crippen LogP contribution in [-0.4, -0.2) is 24.0 Å². The van der Waals surface area contributed by atoms with Crippen molar-refractivity contribution in [2.75, 3.05) is 11.9 Å². The molecule has 1 aliphatic heterocycles. The summed E-state index contributed by atoms with van der Waals surface area (Å²) in [6.45, 7) is 2.17. The lowest BCUT2D eigenvalue weighted by molar-refractivity contribution is -0.119. The highest BCUT2D eigenvalue weighted by molar-refractivity contribution is 5.97. The molecule has 1 aromatic heterocycles. The van der Waals surface area contributed by atoms with Gasteiger partial charge in [-0.3, -0.25) is 9.69 Å². The van der Waals surface area contributed by atoms with E-state index in [9.17, 15) is 4.79 Å². The van der Waals surface area contributed by atoms with Gasteiger partial charge in [0, 0.05) is 24.2 Å². The van der Waals surface area contributed by atoms with Crippen molar-refractivity contribution < 1.29 is 4.79 Å². The quantitative estimate of drug-likeness (QED) is 0.880. The van der Waals surface area contributed by atoms with Gasteiger partial charge in [-0.15, -0.1) is 0 Å². The molecule has 2 aliphatic rings. The summed E-state index contributed by atoms with van der Waals surface area (Å²) >= 11 is 0. The molecule has 19 heavy (non-hydrogen) atoms. The molecule has 1 spiro atoms. The second-order valence-corrected chi connectivity index (χ2v) is 5.95. The third-order valence-electron chi connectivity index (χ3n) is 4.46. The van der Waals surface area contributed by atoms with Crippen molar-refractivity contribution in [3.63, 3.8) is 0 Å². The number of hydrogen-bond acceptors (Lipinski definition) is 3. The monoisotopic (exact) mass is 259 g/mol. The van der Waals surface area contributed by atoms with E-state index in [2.05, 4.69) is 18.0 Å². The van der Waals surface area contributed by atoms with Gasteiger partial charge in [-0.25, -0.2) is 4.98 Å². The van der Waals surface area contributed by atoms with E-state index in [-0.39, 0.29) is 11.3 Å². The van der Waals surface area contributed by atoms with Crippen molar-refractivity contribution in [2.24, 2.45) is 5.73 Å². The van der Waals surface area contributed by atoms with E-state index in [0.29, 0.717) is 0 Å². The number of aryl methyl sites for hydroxylation is 1. The van der Waals surface area contributed by atoms with Crippen LogP contribution in [0.2, 0.25) is 0 Å². The van der Waals surface area contributed by atoms with Crippen LogP contribution in [0.3, 0.4) is 0 Å². The van der Waals surface area contributed by atoms with Gasteiger partial charge in [0.1, 0.15) is 5.82 Å². The van der Waals surface area contributed by atoms with Gasteiger partial charge >= 0.3 is 0 Å². The first-order valence-electron chi connectivity index (χ1n) is 7.10. The molecule has 2 heterocycles. The SMILES string of the molecule is CCCc1cnc2c(c1)C1(CC1)CC(N)C(=O)N2C. The summed E-state index contributed by atoms with van der Waals surface area (Å²) in [5.74, 6) is 0.802. The van der Waals surface area contributed by atoms with Crippen LogP contribution in [0.15, 0.2) is 12.3 Å². The maximum Gasteiger partial charge on any atom is 0.244 e. The number of nitrogens with zero attached hydrogens (tertiary/aromatic N) is 2. The van der Waals surface area contributed by atoms with E-state index in [1.807, 2.05) is 6.20 Å². The molecule has 102 valence electrons. The van der Waals surface area contributed by atoms with Crippen LogP contribution < -0.4 is 10.6 Å². The third-order valence-corrected chi connectivity index (χ3v) is 4.46. The first kappa shape index (κ1) is 12.6. The standard InChI is InChI=1S/C15H21N3O/c1-3-4-10-7-11-13(17-9-10)18(2)14(19)12(16)8-15(11)5-6-15/h7,9,12H,3-6,8,16H2,1-2H3. The Hall–Kier alpha value is -1.42. The predicted octanol–water partition coefficient (Wildman–Crippen LogP) is 1.76.